The lowest BCUT2D eigenvalue weighted by Gasteiger charge is -2.37. The number of unbranched alkanes of at least 4 members (excludes halogenated alkanes) is 1. The van der Waals surface area contributed by atoms with E-state index in [1.807, 2.05) is 26.1 Å². The monoisotopic (exact) mass is 1390 g/mol. The molecule has 8 atom stereocenters. The van der Waals surface area contributed by atoms with Gasteiger partial charge in [0, 0.05) is 124 Å². The minimum Gasteiger partial charge on any atom is -0.445 e. The van der Waals surface area contributed by atoms with Gasteiger partial charge in [-0.2, -0.15) is 0 Å². The number of nitrogens with zero attached hydrogens (tertiary/aromatic N) is 4. The van der Waals surface area contributed by atoms with Crippen LogP contribution in [0.1, 0.15) is 112 Å². The maximum Gasteiger partial charge on any atom is 0.524 e. The molecule has 5 aromatic rings. The van der Waals surface area contributed by atoms with Gasteiger partial charge < -0.3 is 81.6 Å². The second-order valence-corrected chi connectivity index (χ2v) is 28.3. The van der Waals surface area contributed by atoms with Gasteiger partial charge in [0.05, 0.1) is 33.2 Å². The molecule has 4 heterocycles. The molecule has 512 valence electrons. The van der Waals surface area contributed by atoms with Crippen molar-refractivity contribution in [2.75, 3.05) is 80.2 Å². The van der Waals surface area contributed by atoms with Crippen molar-refractivity contribution in [1.29, 1.82) is 0 Å². The molecule has 0 saturated heterocycles. The third-order valence-electron chi connectivity index (χ3n) is 19.4. The van der Waals surface area contributed by atoms with Gasteiger partial charge in [-0.25, -0.2) is 14.2 Å². The lowest BCUT2D eigenvalue weighted by atomic mass is 9.72. The van der Waals surface area contributed by atoms with Gasteiger partial charge in [0.1, 0.15) is 24.7 Å². The van der Waals surface area contributed by atoms with Gasteiger partial charge in [-0.1, -0.05) is 26.0 Å². The molecule has 31 heteroatoms. The molecule has 13 N–H and O–H groups in total. The summed E-state index contributed by atoms with van der Waals surface area (Å²) in [5, 5.41) is 15.0. The van der Waals surface area contributed by atoms with Crippen molar-refractivity contribution in [3.8, 4) is 11.5 Å². The van der Waals surface area contributed by atoms with Crippen LogP contribution in [0.25, 0.3) is 21.8 Å². The number of benzene rings is 3. The zero-order chi connectivity index (χ0) is 68.8. The summed E-state index contributed by atoms with van der Waals surface area (Å²) in [6, 6.07) is 6.00. The lowest BCUT2D eigenvalue weighted by Crippen LogP contribution is -2.57. The number of aromatic nitrogens is 2. The van der Waals surface area contributed by atoms with Crippen LogP contribution in [0.15, 0.2) is 48.8 Å². The Kier molecular flexibility index (Phi) is 20.5. The quantitative estimate of drug-likeness (QED) is 0.0111. The molecular formula is C64H82Cl2N13O14PS. The fraction of sp³-hybridized carbons (Fsp3) is 0.516. The van der Waals surface area contributed by atoms with Crippen molar-refractivity contribution in [1.82, 2.24) is 41.0 Å². The molecule has 1 spiro atoms. The number of phosphoric ester groups is 1. The summed E-state index contributed by atoms with van der Waals surface area (Å²) in [7, 11) is -1.68. The second-order valence-electron chi connectivity index (χ2n) is 26.2. The number of carbonyl (C=O) groups excluding carboxylic acids is 8. The third-order valence-corrected chi connectivity index (χ3v) is 21.0. The van der Waals surface area contributed by atoms with Crippen LogP contribution in [0, 0.1) is 36.0 Å². The van der Waals surface area contributed by atoms with E-state index in [2.05, 4.69) is 36.6 Å². The first-order valence-electron chi connectivity index (χ1n) is 31.6. The number of rotatable bonds is 28. The molecule has 27 nitrogen and oxygen atoms in total. The number of urea groups is 1. The first-order chi connectivity index (χ1) is 45.0. The van der Waals surface area contributed by atoms with E-state index in [0.717, 1.165) is 27.6 Å². The molecule has 10 rings (SSSR count). The van der Waals surface area contributed by atoms with E-state index in [9.17, 15) is 47.9 Å². The molecule has 0 radical (unpaired) electrons. The molecule has 95 heavy (non-hydrogen) atoms. The summed E-state index contributed by atoms with van der Waals surface area (Å²) in [5.41, 5.74) is 15.3. The van der Waals surface area contributed by atoms with Crippen LogP contribution in [0.4, 0.5) is 26.7 Å². The average Bonchev–Trinajstić information content (AvgIpc) is 1.40. The van der Waals surface area contributed by atoms with Gasteiger partial charge in [-0.05, 0) is 130 Å². The molecule has 3 saturated carbocycles. The van der Waals surface area contributed by atoms with E-state index < -0.39 is 83.9 Å². The largest absolute Gasteiger partial charge is 0.524 e. The first-order valence-corrected chi connectivity index (χ1v) is 34.7. The Morgan fingerprint density at radius 3 is 1.84 bits per heavy atom. The molecule has 3 unspecified atom stereocenters. The number of H-pyrrole nitrogens is 2. The number of fused-ring (bicyclic) bond motifs is 6. The van der Waals surface area contributed by atoms with Crippen molar-refractivity contribution in [3.05, 3.63) is 76.6 Å². The highest BCUT2D eigenvalue weighted by molar-refractivity contribution is 7.80. The summed E-state index contributed by atoms with van der Waals surface area (Å²) in [6.45, 7) is 9.98. The molecule has 5 aliphatic rings. The number of hydrogen-bond acceptors (Lipinski definition) is 14. The Morgan fingerprint density at radius 1 is 0.768 bits per heavy atom. The number of anilines is 3. The number of alkyl halides is 2. The van der Waals surface area contributed by atoms with Crippen molar-refractivity contribution >= 4 is 135 Å². The summed E-state index contributed by atoms with van der Waals surface area (Å²) in [4.78, 5) is 140. The zero-order valence-corrected chi connectivity index (χ0v) is 57.2. The minimum absolute atomic E-state index is 0.0813. The van der Waals surface area contributed by atoms with Crippen molar-refractivity contribution < 1.29 is 66.7 Å². The Balaban J connectivity index is 0.739. The van der Waals surface area contributed by atoms with Gasteiger partial charge in [0.15, 0.2) is 11.5 Å². The Bertz CT molecular complexity index is 3940. The summed E-state index contributed by atoms with van der Waals surface area (Å²) >= 11 is 19.1. The number of carbonyl (C=O) groups is 8. The molecule has 0 bridgehead atoms. The maximum atomic E-state index is 15.2. The normalized spacial score (nSPS) is 21.2. The maximum absolute atomic E-state index is 15.2. The van der Waals surface area contributed by atoms with Crippen LogP contribution in [0.5, 0.6) is 11.5 Å². The number of primary amides is 1. The predicted octanol–water partition coefficient (Wildman–Crippen LogP) is 6.46. The summed E-state index contributed by atoms with van der Waals surface area (Å²) in [5.74, 6) is -2.59. The zero-order valence-electron chi connectivity index (χ0n) is 54.0. The Hall–Kier alpha value is -7.72. The van der Waals surface area contributed by atoms with E-state index in [1.165, 1.54) is 17.9 Å². The average molecular weight is 1390 g/mol. The van der Waals surface area contributed by atoms with Gasteiger partial charge in [-0.3, -0.25) is 38.6 Å². The van der Waals surface area contributed by atoms with Crippen LogP contribution in [0.2, 0.25) is 0 Å². The standard InChI is InChI=1S/C64H82Cl2N13O14PS/c1-33(2)51(75-55(82)41(72-36(5)80)11-8-9-17-67)56(83)74-42(12-10-18-69-59(68)86)54(81)73-40-15-13-37(14-16-40)29-91-60(87)76(6)19-20-77(7)61(95)92-45-21-43-49(47-34(3)25-70-52(45)47)38(23-65)27-78(43)57(84)62-30-63(32-64(62,63)31-62)58(85)79-28-39(24-66)50-44(79)22-46(93-94(88,89)90)53-48(50)35(4)26-71-53/h13-16,21-22,25-26,33,38-39,41-42,51,70-71H,8-12,17-20,23-24,27-32,67H2,1-7H3,(H,72,80)(H,73,81)(H,74,83)(H,75,82)(H3,68,69,86)(H2,88,89,90)/t38-,39-,41+,42+,51+,62?,63?,64?/m1/s1. The minimum atomic E-state index is -4.99. The lowest BCUT2D eigenvalue weighted by molar-refractivity contribution is -0.134. The first kappa shape index (κ1) is 70.1. The van der Waals surface area contributed by atoms with Crippen molar-refractivity contribution in [3.63, 3.8) is 0 Å². The molecule has 9 amide bonds. The number of thiocarbonyl (C=S) groups is 1. The number of nitrogens with one attached hydrogen (secondary N) is 7. The van der Waals surface area contributed by atoms with E-state index in [4.69, 9.17) is 60.9 Å². The second kappa shape index (κ2) is 27.8. The van der Waals surface area contributed by atoms with Gasteiger partial charge in [0.25, 0.3) is 5.17 Å². The highest BCUT2D eigenvalue weighted by Crippen LogP contribution is 3.01. The van der Waals surface area contributed by atoms with Gasteiger partial charge >= 0.3 is 19.9 Å². The fourth-order valence-electron chi connectivity index (χ4n) is 14.5. The molecule has 3 aliphatic carbocycles. The number of ether oxygens (including phenoxy) is 2. The topological polar surface area (TPSA) is 379 Å². The number of aromatic amines is 2. The SMILES string of the molecule is CC(=O)N[C@@H](CCCCN)C(=O)N[C@H](C(=O)N[C@@H](CCCNC(N)=O)C(=O)Nc1ccc(COC(=O)N(C)CCN(C)C(=S)Oc2cc3c(c4c(C)c[nH]c24)[C@H](CCl)CN3C(=O)C23CC4(C(=O)N5C[C@@H](CCl)c6c5cc(OP(=O)(O)O)c5[nH]cc(C)c65)CC24C3)cc1)C(C)C. The molecule has 2 aromatic heterocycles. The van der Waals surface area contributed by atoms with Gasteiger partial charge in [0.2, 0.25) is 35.4 Å². The van der Waals surface area contributed by atoms with E-state index in [0.29, 0.717) is 96.4 Å². The summed E-state index contributed by atoms with van der Waals surface area (Å²) < 4.78 is 29.4. The van der Waals surface area contributed by atoms with Crippen molar-refractivity contribution in [2.45, 2.75) is 123 Å². The van der Waals surface area contributed by atoms with Crippen LogP contribution < -0.4 is 57.1 Å². The molecular weight excluding hydrogens is 1310 g/mol. The van der Waals surface area contributed by atoms with E-state index in [1.54, 1.807) is 73.1 Å². The van der Waals surface area contributed by atoms with Gasteiger partial charge in [-0.15, -0.1) is 23.2 Å². The van der Waals surface area contributed by atoms with Crippen LogP contribution in [0.3, 0.4) is 0 Å². The number of aryl methyl sites for hydroxylation is 2. The summed E-state index contributed by atoms with van der Waals surface area (Å²) in [6.07, 6.45) is 6.21. The molecule has 2 aliphatic heterocycles. The number of hydrogen-bond donors (Lipinski definition) is 11. The van der Waals surface area contributed by atoms with E-state index >= 15 is 4.79 Å². The van der Waals surface area contributed by atoms with Crippen LogP contribution in [-0.2, 0) is 44.7 Å². The highest BCUT2D eigenvalue weighted by atomic mass is 35.5. The van der Waals surface area contributed by atoms with Crippen molar-refractivity contribution in [2.24, 2.45) is 33.6 Å². The van der Waals surface area contributed by atoms with E-state index in [-0.39, 0.29) is 92.0 Å². The number of likely N-dealkylation sites (N-methyl/N-ethyl adjacent to an activating group) is 2. The molecule has 3 fully saturated rings. The number of nitrogens with two attached hydrogens (primary N) is 2. The third kappa shape index (κ3) is 13.7. The highest BCUT2D eigenvalue weighted by Gasteiger charge is 3.01. The van der Waals surface area contributed by atoms with Crippen LogP contribution >= 0.6 is 43.2 Å². The Morgan fingerprint density at radius 2 is 1.32 bits per heavy atom. The predicted molar refractivity (Wildman–Crippen MR) is 361 cm³/mol. The smallest absolute Gasteiger partial charge is 0.445 e. The number of amides is 9. The Labute approximate surface area is 564 Å². The fourth-order valence-corrected chi connectivity index (χ4v) is 15.6. The van der Waals surface area contributed by atoms with Crippen LogP contribution in [-0.4, -0.2) is 166 Å². The number of phosphoric acid groups is 1. The molecule has 3 aromatic carbocycles. The number of halogens is 2.